The Morgan fingerprint density at radius 1 is 1.00 bits per heavy atom. The zero-order valence-electron chi connectivity index (χ0n) is 20.9. The quantitative estimate of drug-likeness (QED) is 0.342. The van der Waals surface area contributed by atoms with E-state index in [1.807, 2.05) is 0 Å². The monoisotopic (exact) mass is 508 g/mol. The molecule has 0 radical (unpaired) electrons. The van der Waals surface area contributed by atoms with Gasteiger partial charge in [0.2, 0.25) is 11.8 Å². The maximum atomic E-state index is 13.1. The molecule has 0 saturated carbocycles. The lowest BCUT2D eigenvalue weighted by Gasteiger charge is -2.28. The number of Topliss-reactive ketones (excluding diaryl/α,β-unsaturated/α-hetero) is 1. The van der Waals surface area contributed by atoms with Crippen LogP contribution in [0.1, 0.15) is 60.8 Å². The van der Waals surface area contributed by atoms with Crippen molar-refractivity contribution in [3.63, 3.8) is 0 Å². The molecule has 4 amide bonds. The van der Waals surface area contributed by atoms with E-state index in [1.165, 1.54) is 0 Å². The fourth-order valence-corrected chi connectivity index (χ4v) is 3.39. The number of ether oxygens (including phenoxy) is 1. The molecule has 35 heavy (non-hydrogen) atoms. The summed E-state index contributed by atoms with van der Waals surface area (Å²) in [6.07, 6.45) is -4.90. The lowest BCUT2D eigenvalue weighted by molar-refractivity contribution is -0.321. The molecule has 0 bridgehead atoms. The van der Waals surface area contributed by atoms with Gasteiger partial charge in [-0.3, -0.25) is 28.7 Å². The molecule has 1 heterocycles. The highest BCUT2D eigenvalue weighted by atomic mass is 19.4. The SMILES string of the molecule is CC(C)(C)C[C@H](NC(=O)C(=O)NC(C)(C)C)C(=O)N[C@@H](C[C@@H]1CCNC1=O)C(=O)COC(F)(F)F. The molecular weight excluding hydrogens is 473 g/mol. The van der Waals surface area contributed by atoms with E-state index in [1.54, 1.807) is 41.5 Å². The Hall–Kier alpha value is -2.70. The summed E-state index contributed by atoms with van der Waals surface area (Å²) in [7, 11) is 0. The zero-order chi connectivity index (χ0) is 27.2. The Morgan fingerprint density at radius 2 is 1.60 bits per heavy atom. The molecule has 4 N–H and O–H groups in total. The minimum absolute atomic E-state index is 0.0528. The smallest absolute Gasteiger partial charge is 0.356 e. The first kappa shape index (κ1) is 30.3. The topological polar surface area (TPSA) is 143 Å². The molecule has 1 aliphatic rings. The number of carbonyl (C=O) groups excluding carboxylic acids is 5. The number of halogens is 3. The minimum atomic E-state index is -5.06. The Bertz CT molecular complexity index is 817. The van der Waals surface area contributed by atoms with Crippen molar-refractivity contribution in [2.75, 3.05) is 13.2 Å². The minimum Gasteiger partial charge on any atom is -0.356 e. The Morgan fingerprint density at radius 3 is 2.06 bits per heavy atom. The summed E-state index contributed by atoms with van der Waals surface area (Å²) in [6.45, 7) is 9.30. The molecule has 13 heteroatoms. The standard InChI is InChI=1S/C22H35F3N4O6/c1-20(2,3)10-14(28-18(33)19(34)29-21(4,5)6)17(32)27-13(9-12-7-8-26-16(12)31)15(30)11-35-22(23,24)25/h12-14H,7-11H2,1-6H3,(H,26,31)(H,27,32)(H,28,33)(H,29,34)/t12-,13-,14-/m0/s1. The molecule has 0 aliphatic carbocycles. The van der Waals surface area contributed by atoms with Crippen molar-refractivity contribution >= 4 is 29.4 Å². The van der Waals surface area contributed by atoms with Crippen molar-refractivity contribution in [2.24, 2.45) is 11.3 Å². The molecule has 1 saturated heterocycles. The lowest BCUT2D eigenvalue weighted by atomic mass is 9.87. The molecule has 0 spiro atoms. The molecule has 0 aromatic heterocycles. The van der Waals surface area contributed by atoms with Crippen LogP contribution in [0.4, 0.5) is 13.2 Å². The van der Waals surface area contributed by atoms with Crippen molar-refractivity contribution in [1.82, 2.24) is 21.3 Å². The van der Waals surface area contributed by atoms with Gasteiger partial charge < -0.3 is 21.3 Å². The molecule has 0 aromatic rings. The van der Waals surface area contributed by atoms with E-state index >= 15 is 0 Å². The van der Waals surface area contributed by atoms with Gasteiger partial charge in [-0.25, -0.2) is 0 Å². The van der Waals surface area contributed by atoms with Gasteiger partial charge in [0.15, 0.2) is 5.78 Å². The molecule has 1 rings (SSSR count). The van der Waals surface area contributed by atoms with Gasteiger partial charge in [0, 0.05) is 18.0 Å². The summed E-state index contributed by atoms with van der Waals surface area (Å²) in [5.74, 6) is -5.08. The van der Waals surface area contributed by atoms with Gasteiger partial charge in [0.05, 0.1) is 6.04 Å². The maximum Gasteiger partial charge on any atom is 0.522 e. The van der Waals surface area contributed by atoms with Crippen LogP contribution in [0, 0.1) is 11.3 Å². The third-order valence-corrected chi connectivity index (χ3v) is 4.90. The molecule has 3 atom stereocenters. The van der Waals surface area contributed by atoms with Crippen LogP contribution < -0.4 is 21.3 Å². The second-order valence-corrected chi connectivity index (χ2v) is 10.8. The van der Waals surface area contributed by atoms with Crippen molar-refractivity contribution in [2.45, 2.75) is 84.8 Å². The predicted octanol–water partition coefficient (Wildman–Crippen LogP) is 0.939. The van der Waals surface area contributed by atoms with E-state index in [0.29, 0.717) is 13.0 Å². The fourth-order valence-electron chi connectivity index (χ4n) is 3.39. The number of nitrogens with one attached hydrogen (secondary N) is 4. The molecule has 0 unspecified atom stereocenters. The van der Waals surface area contributed by atoms with Crippen LogP contribution in [0.2, 0.25) is 0 Å². The van der Waals surface area contributed by atoms with E-state index < -0.39 is 65.4 Å². The van der Waals surface area contributed by atoms with Gasteiger partial charge in [-0.1, -0.05) is 20.8 Å². The van der Waals surface area contributed by atoms with E-state index in [4.69, 9.17) is 0 Å². The number of ketones is 1. The average molecular weight is 509 g/mol. The average Bonchev–Trinajstić information content (AvgIpc) is 3.06. The van der Waals surface area contributed by atoms with Crippen LogP contribution in [-0.2, 0) is 28.7 Å². The van der Waals surface area contributed by atoms with Crippen molar-refractivity contribution < 1.29 is 41.9 Å². The number of carbonyl (C=O) groups is 5. The largest absolute Gasteiger partial charge is 0.522 e. The van der Waals surface area contributed by atoms with Gasteiger partial charge in [-0.05, 0) is 45.4 Å². The first-order valence-electron chi connectivity index (χ1n) is 11.2. The normalized spacial score (nSPS) is 18.3. The third-order valence-electron chi connectivity index (χ3n) is 4.90. The van der Waals surface area contributed by atoms with E-state index in [2.05, 4.69) is 26.0 Å². The fraction of sp³-hybridized carbons (Fsp3) is 0.773. The number of alkyl halides is 3. The summed E-state index contributed by atoms with van der Waals surface area (Å²) >= 11 is 0. The van der Waals surface area contributed by atoms with Crippen molar-refractivity contribution in [1.29, 1.82) is 0 Å². The van der Waals surface area contributed by atoms with E-state index in [0.717, 1.165) is 0 Å². The summed E-state index contributed by atoms with van der Waals surface area (Å²) in [5, 5.41) is 9.71. The number of amides is 4. The van der Waals surface area contributed by atoms with Gasteiger partial charge in [0.1, 0.15) is 12.6 Å². The second-order valence-electron chi connectivity index (χ2n) is 10.8. The van der Waals surface area contributed by atoms with Crippen LogP contribution in [0.5, 0.6) is 0 Å². The molecular formula is C22H35F3N4O6. The molecule has 1 fully saturated rings. The summed E-state index contributed by atoms with van der Waals surface area (Å²) in [4.78, 5) is 62.1. The summed E-state index contributed by atoms with van der Waals surface area (Å²) in [6, 6.07) is -2.74. The predicted molar refractivity (Wildman–Crippen MR) is 119 cm³/mol. The van der Waals surface area contributed by atoms with Crippen LogP contribution in [0.15, 0.2) is 0 Å². The number of hydrogen-bond acceptors (Lipinski definition) is 6. The molecule has 10 nitrogen and oxygen atoms in total. The number of rotatable bonds is 9. The maximum absolute atomic E-state index is 13.1. The van der Waals surface area contributed by atoms with Gasteiger partial charge in [-0.2, -0.15) is 0 Å². The van der Waals surface area contributed by atoms with Gasteiger partial charge in [0.25, 0.3) is 0 Å². The summed E-state index contributed by atoms with van der Waals surface area (Å²) in [5.41, 5.74) is -1.23. The molecule has 1 aliphatic heterocycles. The highest BCUT2D eigenvalue weighted by Crippen LogP contribution is 2.22. The third kappa shape index (κ3) is 12.0. The first-order valence-corrected chi connectivity index (χ1v) is 11.2. The Labute approximate surface area is 202 Å². The highest BCUT2D eigenvalue weighted by molar-refractivity contribution is 6.35. The van der Waals surface area contributed by atoms with Gasteiger partial charge >= 0.3 is 18.2 Å². The van der Waals surface area contributed by atoms with E-state index in [-0.39, 0.29) is 18.7 Å². The Kier molecular flexibility index (Phi) is 10.2. The van der Waals surface area contributed by atoms with Crippen LogP contribution in [0.3, 0.4) is 0 Å². The lowest BCUT2D eigenvalue weighted by Crippen LogP contribution is -2.57. The molecule has 0 aromatic carbocycles. The summed E-state index contributed by atoms with van der Waals surface area (Å²) < 4.78 is 40.9. The second kappa shape index (κ2) is 11.8. The zero-order valence-corrected chi connectivity index (χ0v) is 20.9. The van der Waals surface area contributed by atoms with Crippen molar-refractivity contribution in [3.8, 4) is 0 Å². The van der Waals surface area contributed by atoms with Crippen LogP contribution in [0.25, 0.3) is 0 Å². The Balaban J connectivity index is 3.06. The molecule has 200 valence electrons. The first-order chi connectivity index (χ1) is 15.8. The van der Waals surface area contributed by atoms with Crippen LogP contribution >= 0.6 is 0 Å². The highest BCUT2D eigenvalue weighted by Gasteiger charge is 2.37. The number of hydrogen-bond donors (Lipinski definition) is 4. The van der Waals surface area contributed by atoms with E-state index in [9.17, 15) is 37.1 Å². The van der Waals surface area contributed by atoms with Crippen LogP contribution in [-0.4, -0.2) is 66.5 Å². The van der Waals surface area contributed by atoms with Crippen molar-refractivity contribution in [3.05, 3.63) is 0 Å². The van der Waals surface area contributed by atoms with Gasteiger partial charge in [-0.15, -0.1) is 13.2 Å².